The molecule has 2 heterocycles. The number of nitrogens with one attached hydrogen (secondary N) is 1. The van der Waals surface area contributed by atoms with E-state index in [1.54, 1.807) is 42.7 Å². The van der Waals surface area contributed by atoms with Gasteiger partial charge in [-0.3, -0.25) is 4.79 Å². The third kappa shape index (κ3) is 3.53. The maximum Gasteiger partial charge on any atom is 0.264 e. The Morgan fingerprint density at radius 3 is 2.95 bits per heavy atom. The van der Waals surface area contributed by atoms with E-state index in [9.17, 15) is 9.18 Å². The molecule has 1 aliphatic heterocycles. The lowest BCUT2D eigenvalue weighted by Crippen LogP contribution is -2.19. The van der Waals surface area contributed by atoms with E-state index in [0.29, 0.717) is 21.5 Å². The van der Waals surface area contributed by atoms with Gasteiger partial charge in [-0.05, 0) is 54.2 Å². The summed E-state index contributed by atoms with van der Waals surface area (Å²) in [5.74, 6) is 0.103. The Bertz CT molecular complexity index is 779. The number of halogens is 1. The number of rotatable bonds is 3. The van der Waals surface area contributed by atoms with E-state index in [0.717, 1.165) is 0 Å². The van der Waals surface area contributed by atoms with Gasteiger partial charge in [0.2, 0.25) is 0 Å². The number of benzene rings is 1. The average molecular weight is 314 g/mol. The molecule has 0 saturated carbocycles. The van der Waals surface area contributed by atoms with Crippen molar-refractivity contribution >= 4 is 34.6 Å². The second-order valence-corrected chi connectivity index (χ2v) is 5.39. The highest BCUT2D eigenvalue weighted by atomic mass is 32.2. The number of carbonyl (C=O) groups is 1. The van der Waals surface area contributed by atoms with E-state index < -0.39 is 0 Å². The van der Waals surface area contributed by atoms with Crippen molar-refractivity contribution in [1.29, 1.82) is 0 Å². The molecule has 0 spiro atoms. The van der Waals surface area contributed by atoms with Gasteiger partial charge in [0.05, 0.1) is 16.9 Å². The standard InChI is InChI=1S/C16H11FN2O2S/c17-11-4-1-5-12(10-11)18-16-19-15(20)14(22-16)8-2-6-13-7-3-9-21-13/h1-10H,(H,18,19,20)/b6-2+,14-8+. The molecule has 6 heteroatoms. The number of amides is 1. The fourth-order valence-electron chi connectivity index (χ4n) is 1.77. The number of allylic oxidation sites excluding steroid dienone is 2. The van der Waals surface area contributed by atoms with E-state index in [1.165, 1.54) is 23.9 Å². The molecule has 1 fully saturated rings. The largest absolute Gasteiger partial charge is 0.465 e. The maximum absolute atomic E-state index is 13.1. The van der Waals surface area contributed by atoms with Crippen LogP contribution in [0.5, 0.6) is 0 Å². The fourth-order valence-corrected chi connectivity index (χ4v) is 2.57. The lowest BCUT2D eigenvalue weighted by Gasteiger charge is -1.95. The second kappa shape index (κ2) is 6.44. The van der Waals surface area contributed by atoms with Gasteiger partial charge in [0.15, 0.2) is 5.17 Å². The zero-order valence-corrected chi connectivity index (χ0v) is 12.1. The summed E-state index contributed by atoms with van der Waals surface area (Å²) < 4.78 is 18.3. The Balaban J connectivity index is 1.73. The van der Waals surface area contributed by atoms with Crippen LogP contribution in [0.15, 0.2) is 69.1 Å². The first-order chi connectivity index (χ1) is 10.7. The summed E-state index contributed by atoms with van der Waals surface area (Å²) in [6.45, 7) is 0. The monoisotopic (exact) mass is 314 g/mol. The lowest BCUT2D eigenvalue weighted by atomic mass is 10.3. The molecule has 0 unspecified atom stereocenters. The van der Waals surface area contributed by atoms with Crippen LogP contribution in [-0.4, -0.2) is 11.1 Å². The van der Waals surface area contributed by atoms with Gasteiger partial charge >= 0.3 is 0 Å². The molecule has 0 bridgehead atoms. The van der Waals surface area contributed by atoms with Crippen LogP contribution < -0.4 is 5.32 Å². The summed E-state index contributed by atoms with van der Waals surface area (Å²) in [6, 6.07) is 9.48. The number of thioether (sulfide) groups is 1. The fraction of sp³-hybridized carbons (Fsp3) is 0. The molecular formula is C16H11FN2O2S. The number of aliphatic imine (C=N–C) groups is 1. The molecule has 2 aromatic rings. The van der Waals surface area contributed by atoms with Crippen LogP contribution >= 0.6 is 11.8 Å². The van der Waals surface area contributed by atoms with E-state index in [2.05, 4.69) is 10.3 Å². The third-order valence-corrected chi connectivity index (χ3v) is 3.67. The van der Waals surface area contributed by atoms with Crippen molar-refractivity contribution in [3.05, 3.63) is 71.3 Å². The van der Waals surface area contributed by atoms with Gasteiger partial charge in [0, 0.05) is 0 Å². The Kier molecular flexibility index (Phi) is 4.20. The van der Waals surface area contributed by atoms with Crippen LogP contribution in [-0.2, 0) is 4.79 Å². The van der Waals surface area contributed by atoms with Crippen molar-refractivity contribution in [2.75, 3.05) is 0 Å². The number of amidine groups is 1. The normalized spacial score (nSPS) is 18.5. The van der Waals surface area contributed by atoms with Crippen LogP contribution in [0.1, 0.15) is 5.76 Å². The van der Waals surface area contributed by atoms with Crippen molar-refractivity contribution < 1.29 is 13.6 Å². The van der Waals surface area contributed by atoms with Gasteiger partial charge < -0.3 is 9.73 Å². The first kappa shape index (κ1) is 14.3. The first-order valence-electron chi connectivity index (χ1n) is 6.46. The maximum atomic E-state index is 13.1. The molecule has 1 aliphatic rings. The van der Waals surface area contributed by atoms with Gasteiger partial charge in [0.1, 0.15) is 11.6 Å². The van der Waals surface area contributed by atoms with Crippen LogP contribution in [0.25, 0.3) is 6.08 Å². The number of nitrogens with zero attached hydrogens (tertiary/aromatic N) is 1. The zero-order valence-electron chi connectivity index (χ0n) is 11.3. The van der Waals surface area contributed by atoms with E-state index in [4.69, 9.17) is 4.42 Å². The molecule has 3 rings (SSSR count). The smallest absolute Gasteiger partial charge is 0.264 e. The molecule has 1 N–H and O–H groups in total. The minimum atomic E-state index is -0.367. The second-order valence-electron chi connectivity index (χ2n) is 4.36. The molecule has 4 nitrogen and oxygen atoms in total. The zero-order chi connectivity index (χ0) is 15.4. The van der Waals surface area contributed by atoms with Crippen LogP contribution in [0.3, 0.4) is 0 Å². The summed E-state index contributed by atoms with van der Waals surface area (Å²) in [5, 5.41) is 3.07. The molecular weight excluding hydrogens is 303 g/mol. The molecule has 22 heavy (non-hydrogen) atoms. The van der Waals surface area contributed by atoms with Crippen molar-refractivity contribution in [3.63, 3.8) is 0 Å². The Morgan fingerprint density at radius 1 is 1.27 bits per heavy atom. The van der Waals surface area contributed by atoms with E-state index >= 15 is 0 Å². The van der Waals surface area contributed by atoms with Crippen molar-refractivity contribution in [3.8, 4) is 0 Å². The van der Waals surface area contributed by atoms with Crippen molar-refractivity contribution in [2.24, 2.45) is 4.99 Å². The van der Waals surface area contributed by atoms with Crippen molar-refractivity contribution in [2.45, 2.75) is 0 Å². The summed E-state index contributed by atoms with van der Waals surface area (Å²) in [6.07, 6.45) is 6.73. The average Bonchev–Trinajstić information content (AvgIpc) is 3.10. The summed E-state index contributed by atoms with van der Waals surface area (Å²) >= 11 is 1.20. The van der Waals surface area contributed by atoms with Gasteiger partial charge in [-0.25, -0.2) is 9.38 Å². The summed E-state index contributed by atoms with van der Waals surface area (Å²) in [4.78, 5) is 16.5. The predicted molar refractivity (Wildman–Crippen MR) is 85.1 cm³/mol. The minimum Gasteiger partial charge on any atom is -0.465 e. The predicted octanol–water partition coefficient (Wildman–Crippen LogP) is 3.87. The van der Waals surface area contributed by atoms with Gasteiger partial charge in [-0.2, -0.15) is 0 Å². The molecule has 110 valence electrons. The number of hydrogen-bond acceptors (Lipinski definition) is 4. The highest BCUT2D eigenvalue weighted by Gasteiger charge is 2.23. The van der Waals surface area contributed by atoms with Crippen LogP contribution in [0.4, 0.5) is 10.1 Å². The Hall–Kier alpha value is -2.60. The molecule has 1 saturated heterocycles. The Labute approximate surface area is 130 Å². The molecule has 1 amide bonds. The summed E-state index contributed by atoms with van der Waals surface area (Å²) in [5.41, 5.74) is 0.454. The SMILES string of the molecule is O=C1NC(=Nc2cccc(F)c2)S/C1=C/C=C/c1ccco1. The molecule has 1 aromatic carbocycles. The van der Waals surface area contributed by atoms with Gasteiger partial charge in [0.25, 0.3) is 5.91 Å². The highest BCUT2D eigenvalue weighted by molar-refractivity contribution is 8.18. The topological polar surface area (TPSA) is 54.6 Å². The summed E-state index contributed by atoms with van der Waals surface area (Å²) in [7, 11) is 0. The number of carbonyl (C=O) groups excluding carboxylic acids is 1. The molecule has 0 aliphatic carbocycles. The quantitative estimate of drug-likeness (QED) is 0.875. The van der Waals surface area contributed by atoms with E-state index in [-0.39, 0.29) is 11.7 Å². The van der Waals surface area contributed by atoms with Crippen LogP contribution in [0, 0.1) is 5.82 Å². The van der Waals surface area contributed by atoms with Crippen LogP contribution in [0.2, 0.25) is 0 Å². The van der Waals surface area contributed by atoms with Crippen molar-refractivity contribution in [1.82, 2.24) is 5.32 Å². The molecule has 0 atom stereocenters. The third-order valence-electron chi connectivity index (χ3n) is 2.74. The van der Waals surface area contributed by atoms with Gasteiger partial charge in [-0.15, -0.1) is 0 Å². The molecule has 1 aromatic heterocycles. The van der Waals surface area contributed by atoms with Gasteiger partial charge in [-0.1, -0.05) is 12.1 Å². The minimum absolute atomic E-state index is 0.232. The van der Waals surface area contributed by atoms with E-state index in [1.807, 2.05) is 6.07 Å². The molecule has 0 radical (unpaired) electrons. The number of hydrogen-bond donors (Lipinski definition) is 1. The lowest BCUT2D eigenvalue weighted by molar-refractivity contribution is -0.115. The first-order valence-corrected chi connectivity index (χ1v) is 7.28. The highest BCUT2D eigenvalue weighted by Crippen LogP contribution is 2.26. The number of furan rings is 1. The Morgan fingerprint density at radius 2 is 2.18 bits per heavy atom.